The highest BCUT2D eigenvalue weighted by molar-refractivity contribution is 6.34. The van der Waals surface area contributed by atoms with E-state index in [0.29, 0.717) is 28.2 Å². The summed E-state index contributed by atoms with van der Waals surface area (Å²) < 4.78 is 53.3. The Morgan fingerprint density at radius 3 is 2.36 bits per heavy atom. The lowest BCUT2D eigenvalue weighted by molar-refractivity contribution is -0.192. The Labute approximate surface area is 242 Å². The topological polar surface area (TPSA) is 87.2 Å². The smallest absolute Gasteiger partial charge is 0.356 e. The van der Waals surface area contributed by atoms with Crippen LogP contribution in [0.4, 0.5) is 29.1 Å². The second-order valence-electron chi connectivity index (χ2n) is 10.5. The van der Waals surface area contributed by atoms with E-state index >= 15 is 0 Å². The summed E-state index contributed by atoms with van der Waals surface area (Å²) in [6.45, 7) is 1.51. The number of benzene rings is 3. The van der Waals surface area contributed by atoms with Crippen LogP contribution in [0.1, 0.15) is 35.2 Å². The number of nitrogens with zero attached hydrogens (tertiary/aromatic N) is 3. The van der Waals surface area contributed by atoms with Crippen molar-refractivity contribution in [1.29, 1.82) is 0 Å². The normalized spacial score (nSPS) is 15.7. The van der Waals surface area contributed by atoms with Gasteiger partial charge in [0.25, 0.3) is 5.91 Å². The number of fused-ring (bicyclic) bond motifs is 1. The fourth-order valence-electron chi connectivity index (χ4n) is 4.86. The number of halogens is 5. The number of hydrogen-bond acceptors (Lipinski definition) is 5. The molecule has 2 fully saturated rings. The largest absolute Gasteiger partial charge is 0.403 e. The first-order chi connectivity index (χ1) is 20.0. The van der Waals surface area contributed by atoms with Crippen LogP contribution >= 0.6 is 11.6 Å². The van der Waals surface area contributed by atoms with Gasteiger partial charge < -0.3 is 15.5 Å². The summed E-state index contributed by atoms with van der Waals surface area (Å²) in [5.41, 5.74) is -0.160. The van der Waals surface area contributed by atoms with E-state index in [4.69, 9.17) is 16.6 Å². The lowest BCUT2D eigenvalue weighted by Gasteiger charge is -2.33. The van der Waals surface area contributed by atoms with Crippen molar-refractivity contribution in [1.82, 2.24) is 15.3 Å². The number of carbonyl (C=O) groups is 2. The predicted molar refractivity (Wildman–Crippen MR) is 151 cm³/mol. The van der Waals surface area contributed by atoms with Crippen LogP contribution in [-0.2, 0) is 11.3 Å². The van der Waals surface area contributed by atoms with E-state index < -0.39 is 23.4 Å². The van der Waals surface area contributed by atoms with Crippen molar-refractivity contribution in [2.45, 2.75) is 32.0 Å². The molecule has 216 valence electrons. The Bertz CT molecular complexity index is 1700. The van der Waals surface area contributed by atoms with Crippen LogP contribution in [0.15, 0.2) is 60.7 Å². The molecule has 0 atom stereocenters. The number of hydrogen-bond donors (Lipinski definition) is 2. The van der Waals surface area contributed by atoms with E-state index in [1.807, 2.05) is 6.07 Å². The van der Waals surface area contributed by atoms with Crippen LogP contribution in [-0.4, -0.2) is 41.0 Å². The first-order valence-electron chi connectivity index (χ1n) is 13.3. The predicted octanol–water partition coefficient (Wildman–Crippen LogP) is 6.51. The summed E-state index contributed by atoms with van der Waals surface area (Å²) in [6, 6.07) is 15.5. The highest BCUT2D eigenvalue weighted by Gasteiger charge is 2.68. The number of rotatable bonds is 7. The lowest BCUT2D eigenvalue weighted by atomic mass is 10.1. The molecule has 42 heavy (non-hydrogen) atoms. The summed E-state index contributed by atoms with van der Waals surface area (Å²) in [6.07, 6.45) is -4.04. The fraction of sp³-hybridized carbons (Fsp3) is 0.267. The Morgan fingerprint density at radius 2 is 1.71 bits per heavy atom. The fourth-order valence-corrected chi connectivity index (χ4v) is 5.06. The van der Waals surface area contributed by atoms with Gasteiger partial charge in [-0.05, 0) is 79.4 Å². The Balaban J connectivity index is 1.23. The quantitative estimate of drug-likeness (QED) is 0.237. The van der Waals surface area contributed by atoms with Gasteiger partial charge in [0.05, 0.1) is 16.1 Å². The molecule has 1 saturated carbocycles. The molecule has 2 N–H and O–H groups in total. The van der Waals surface area contributed by atoms with Gasteiger partial charge in [0.1, 0.15) is 17.1 Å². The van der Waals surface area contributed by atoms with Crippen LogP contribution in [0.25, 0.3) is 22.3 Å². The number of amides is 2. The molecule has 2 aliphatic rings. The minimum absolute atomic E-state index is 0.0939. The van der Waals surface area contributed by atoms with E-state index in [9.17, 15) is 27.2 Å². The first-order valence-corrected chi connectivity index (χ1v) is 13.7. The van der Waals surface area contributed by atoms with Crippen molar-refractivity contribution in [2.24, 2.45) is 5.41 Å². The molecule has 1 aromatic heterocycles. The maximum atomic E-state index is 13.5. The van der Waals surface area contributed by atoms with Gasteiger partial charge in [-0.1, -0.05) is 17.7 Å². The number of carbonyl (C=O) groups excluding carboxylic acids is 2. The van der Waals surface area contributed by atoms with Crippen LogP contribution < -0.4 is 15.5 Å². The van der Waals surface area contributed by atoms with Gasteiger partial charge in [-0.3, -0.25) is 9.59 Å². The van der Waals surface area contributed by atoms with Crippen LogP contribution in [0.5, 0.6) is 0 Å². The molecule has 0 spiro atoms. The summed E-state index contributed by atoms with van der Waals surface area (Å²) in [5.74, 6) is -0.821. The summed E-state index contributed by atoms with van der Waals surface area (Å²) >= 11 is 6.29. The molecule has 12 heteroatoms. The standard InChI is InChI=1S/C30H24ClF4N5O2/c31-23-9-2-17(16-36-28(42)29(10-11-29)30(33,34)35)14-22(23)27(41)37-20-7-8-21-24(15-20)38-25(18-3-5-19(32)6-4-18)39-26(21)40-12-1-13-40/h2-9,14-15H,1,10-13,16H2,(H,36,42)(H,37,41). The molecule has 2 amide bonds. The second kappa shape index (κ2) is 10.5. The van der Waals surface area contributed by atoms with Crippen molar-refractivity contribution >= 4 is 45.8 Å². The van der Waals surface area contributed by atoms with Gasteiger partial charge in [-0.15, -0.1) is 0 Å². The molecule has 7 nitrogen and oxygen atoms in total. The molecular formula is C30H24ClF4N5O2. The van der Waals surface area contributed by atoms with Crippen molar-refractivity contribution in [3.8, 4) is 11.4 Å². The number of anilines is 2. The molecule has 4 aromatic rings. The van der Waals surface area contributed by atoms with Gasteiger partial charge in [0, 0.05) is 36.3 Å². The summed E-state index contributed by atoms with van der Waals surface area (Å²) in [5, 5.41) is 6.06. The lowest BCUT2D eigenvalue weighted by Crippen LogP contribution is -2.40. The number of nitrogens with one attached hydrogen (secondary N) is 2. The number of alkyl halides is 3. The van der Waals surface area contributed by atoms with Crippen LogP contribution in [0, 0.1) is 11.2 Å². The highest BCUT2D eigenvalue weighted by Crippen LogP contribution is 2.57. The second-order valence-corrected chi connectivity index (χ2v) is 10.9. The maximum Gasteiger partial charge on any atom is 0.403 e. The molecule has 1 saturated heterocycles. The van der Waals surface area contributed by atoms with Gasteiger partial charge in [0.2, 0.25) is 5.91 Å². The van der Waals surface area contributed by atoms with Crippen molar-refractivity contribution in [3.05, 3.63) is 82.6 Å². The Hall–Kier alpha value is -4.25. The third-order valence-electron chi connectivity index (χ3n) is 7.65. The molecule has 3 aromatic carbocycles. The van der Waals surface area contributed by atoms with E-state index in [-0.39, 0.29) is 35.8 Å². The molecule has 0 unspecified atom stereocenters. The monoisotopic (exact) mass is 597 g/mol. The zero-order valence-electron chi connectivity index (χ0n) is 22.1. The highest BCUT2D eigenvalue weighted by atomic mass is 35.5. The van der Waals surface area contributed by atoms with Gasteiger partial charge in [-0.25, -0.2) is 14.4 Å². The Kier molecular flexibility index (Phi) is 7.00. The molecule has 0 bridgehead atoms. The Morgan fingerprint density at radius 1 is 0.976 bits per heavy atom. The van der Waals surface area contributed by atoms with E-state index in [0.717, 1.165) is 30.7 Å². The zero-order valence-corrected chi connectivity index (χ0v) is 22.8. The van der Waals surface area contributed by atoms with E-state index in [2.05, 4.69) is 20.5 Å². The van der Waals surface area contributed by atoms with Gasteiger partial charge in [-0.2, -0.15) is 13.2 Å². The molecule has 2 heterocycles. The summed E-state index contributed by atoms with van der Waals surface area (Å²) in [7, 11) is 0. The van der Waals surface area contributed by atoms with Crippen LogP contribution in [0.3, 0.4) is 0 Å². The molecule has 1 aliphatic heterocycles. The van der Waals surface area contributed by atoms with E-state index in [1.54, 1.807) is 24.3 Å². The van der Waals surface area contributed by atoms with Crippen molar-refractivity contribution < 1.29 is 27.2 Å². The molecular weight excluding hydrogens is 574 g/mol. The molecule has 1 aliphatic carbocycles. The van der Waals surface area contributed by atoms with Crippen molar-refractivity contribution in [2.75, 3.05) is 23.3 Å². The maximum absolute atomic E-state index is 13.5. The minimum atomic E-state index is -4.61. The zero-order chi connectivity index (χ0) is 29.6. The first kappa shape index (κ1) is 27.9. The average Bonchev–Trinajstić information content (AvgIpc) is 3.74. The van der Waals surface area contributed by atoms with Crippen LogP contribution in [0.2, 0.25) is 5.02 Å². The molecule has 6 rings (SSSR count). The SMILES string of the molecule is O=C(Nc1ccc2c(N3CCC3)nc(-c3ccc(F)cc3)nc2c1)c1cc(CNC(=O)C2(C(F)(F)F)CC2)ccc1Cl. The van der Waals surface area contributed by atoms with Crippen molar-refractivity contribution in [3.63, 3.8) is 0 Å². The number of aromatic nitrogens is 2. The van der Waals surface area contributed by atoms with Gasteiger partial charge in [0.15, 0.2) is 5.82 Å². The molecule has 0 radical (unpaired) electrons. The van der Waals surface area contributed by atoms with Gasteiger partial charge >= 0.3 is 6.18 Å². The van der Waals surface area contributed by atoms with E-state index in [1.165, 1.54) is 30.3 Å². The third-order valence-corrected chi connectivity index (χ3v) is 7.98. The third kappa shape index (κ3) is 5.24. The summed E-state index contributed by atoms with van der Waals surface area (Å²) in [4.78, 5) is 37.0. The minimum Gasteiger partial charge on any atom is -0.356 e. The average molecular weight is 598 g/mol.